The van der Waals surface area contributed by atoms with Gasteiger partial charge in [0, 0.05) is 31.4 Å². The minimum atomic E-state index is -0.320. The number of carbonyl (C=O) groups is 2. The van der Waals surface area contributed by atoms with Gasteiger partial charge >= 0.3 is 0 Å². The molecular weight excluding hydrogens is 409 g/mol. The normalized spacial score (nSPS) is 22.0. The van der Waals surface area contributed by atoms with Gasteiger partial charge < -0.3 is 19.9 Å². The molecule has 4 rings (SSSR count). The average molecular weight is 440 g/mol. The maximum Gasteiger partial charge on any atom is 0.257 e. The minimum absolute atomic E-state index is 0.0113. The lowest BCUT2D eigenvalue weighted by molar-refractivity contribution is -0.119. The number of halogens is 1. The fourth-order valence-corrected chi connectivity index (χ4v) is 5.03. The number of nitrogens with one attached hydrogen (secondary N) is 1. The first-order valence-electron chi connectivity index (χ1n) is 11.1. The summed E-state index contributed by atoms with van der Waals surface area (Å²) < 4.78 is 18.4. The van der Waals surface area contributed by atoms with Crippen LogP contribution in [0.2, 0.25) is 0 Å². The smallest absolute Gasteiger partial charge is 0.257 e. The average Bonchev–Trinajstić information content (AvgIpc) is 3.22. The van der Waals surface area contributed by atoms with Gasteiger partial charge in [-0.2, -0.15) is 0 Å². The maximum atomic E-state index is 13.1. The third kappa shape index (κ3) is 4.78. The number of ether oxygens (including phenoxy) is 1. The Hall–Kier alpha value is -2.93. The Morgan fingerprint density at radius 3 is 2.44 bits per heavy atom. The Balaban J connectivity index is 1.32. The molecule has 2 heterocycles. The minimum Gasteiger partial charge on any atom is -0.496 e. The maximum absolute atomic E-state index is 13.1. The van der Waals surface area contributed by atoms with Gasteiger partial charge in [0.1, 0.15) is 11.6 Å². The van der Waals surface area contributed by atoms with E-state index in [1.807, 2.05) is 29.2 Å². The molecule has 2 aliphatic rings. The van der Waals surface area contributed by atoms with E-state index in [1.54, 1.807) is 19.2 Å². The largest absolute Gasteiger partial charge is 0.496 e. The highest BCUT2D eigenvalue weighted by atomic mass is 19.1. The van der Waals surface area contributed by atoms with Crippen LogP contribution in [0.1, 0.15) is 29.6 Å². The van der Waals surface area contributed by atoms with Gasteiger partial charge in [-0.3, -0.25) is 9.59 Å². The van der Waals surface area contributed by atoms with Crippen molar-refractivity contribution in [3.63, 3.8) is 0 Å². The van der Waals surface area contributed by atoms with Gasteiger partial charge in [0.15, 0.2) is 0 Å². The molecule has 0 radical (unpaired) electrons. The van der Waals surface area contributed by atoms with E-state index in [4.69, 9.17) is 4.74 Å². The second-order valence-corrected chi connectivity index (χ2v) is 8.77. The van der Waals surface area contributed by atoms with Crippen LogP contribution in [0.15, 0.2) is 48.5 Å². The van der Waals surface area contributed by atoms with Crippen molar-refractivity contribution in [3.8, 4) is 5.75 Å². The van der Waals surface area contributed by atoms with Crippen molar-refractivity contribution in [2.45, 2.75) is 25.3 Å². The Kier molecular flexibility index (Phi) is 6.74. The predicted molar refractivity (Wildman–Crippen MR) is 121 cm³/mol. The van der Waals surface area contributed by atoms with Gasteiger partial charge in [0.25, 0.3) is 5.91 Å². The number of hydrogen-bond donors (Lipinski definition) is 1. The standard InChI is InChI=1S/C25H30FN3O3/c1-28-16-18(24(30)27-20-9-7-19(26)8-10-20)15-22(28)17-11-13-29(14-12-17)25(31)21-5-3-4-6-23(21)32-2/h3-10,17-18,22H,11-16H2,1-2H3,(H,27,30)/t18-,22-/m0/s1. The molecule has 0 unspecified atom stereocenters. The van der Waals surface area contributed by atoms with Crippen LogP contribution in [-0.4, -0.2) is 61.4 Å². The first-order valence-corrected chi connectivity index (χ1v) is 11.1. The second kappa shape index (κ2) is 9.69. The van der Waals surface area contributed by atoms with Crippen LogP contribution < -0.4 is 10.1 Å². The van der Waals surface area contributed by atoms with Crippen LogP contribution >= 0.6 is 0 Å². The summed E-state index contributed by atoms with van der Waals surface area (Å²) in [6, 6.07) is 13.5. The molecule has 2 aromatic carbocycles. The molecule has 2 amide bonds. The van der Waals surface area contributed by atoms with Crippen LogP contribution in [0.4, 0.5) is 10.1 Å². The number of anilines is 1. The van der Waals surface area contributed by atoms with Crippen LogP contribution in [-0.2, 0) is 4.79 Å². The summed E-state index contributed by atoms with van der Waals surface area (Å²) in [5.41, 5.74) is 1.22. The highest BCUT2D eigenvalue weighted by Gasteiger charge is 2.39. The monoisotopic (exact) mass is 439 g/mol. The number of piperidine rings is 1. The summed E-state index contributed by atoms with van der Waals surface area (Å²) in [5, 5.41) is 2.91. The fraction of sp³-hybridized carbons (Fsp3) is 0.440. The molecule has 1 N–H and O–H groups in total. The zero-order chi connectivity index (χ0) is 22.7. The topological polar surface area (TPSA) is 61.9 Å². The fourth-order valence-electron chi connectivity index (χ4n) is 5.03. The van der Waals surface area contributed by atoms with Crippen molar-refractivity contribution in [2.24, 2.45) is 11.8 Å². The van der Waals surface area contributed by atoms with Gasteiger partial charge in [0.05, 0.1) is 18.6 Å². The van der Waals surface area contributed by atoms with E-state index >= 15 is 0 Å². The quantitative estimate of drug-likeness (QED) is 0.773. The summed E-state index contributed by atoms with van der Waals surface area (Å²) in [7, 11) is 3.65. The lowest BCUT2D eigenvalue weighted by atomic mass is 9.86. The summed E-state index contributed by atoms with van der Waals surface area (Å²) >= 11 is 0. The van der Waals surface area contributed by atoms with Gasteiger partial charge in [-0.15, -0.1) is 0 Å². The van der Waals surface area contributed by atoms with E-state index in [0.29, 0.717) is 48.6 Å². The van der Waals surface area contributed by atoms with Crippen molar-refractivity contribution in [1.29, 1.82) is 0 Å². The predicted octanol–water partition coefficient (Wildman–Crippen LogP) is 3.65. The molecule has 2 aromatic rings. The first kappa shape index (κ1) is 22.3. The summed E-state index contributed by atoms with van der Waals surface area (Å²) in [5.74, 6) is 0.630. The lowest BCUT2D eigenvalue weighted by Gasteiger charge is -2.37. The Bertz CT molecular complexity index is 957. The van der Waals surface area contributed by atoms with Gasteiger partial charge in [-0.05, 0) is 68.6 Å². The molecule has 2 aliphatic heterocycles. The van der Waals surface area contributed by atoms with Gasteiger partial charge in [-0.1, -0.05) is 12.1 Å². The van der Waals surface area contributed by atoms with Gasteiger partial charge in [0.2, 0.25) is 5.91 Å². The molecule has 0 spiro atoms. The van der Waals surface area contributed by atoms with E-state index in [0.717, 1.165) is 19.3 Å². The molecule has 170 valence electrons. The van der Waals surface area contributed by atoms with E-state index in [2.05, 4.69) is 17.3 Å². The number of methoxy groups -OCH3 is 1. The van der Waals surface area contributed by atoms with E-state index < -0.39 is 0 Å². The number of carbonyl (C=O) groups excluding carboxylic acids is 2. The summed E-state index contributed by atoms with van der Waals surface area (Å²) in [4.78, 5) is 29.9. The van der Waals surface area contributed by atoms with Crippen molar-refractivity contribution in [2.75, 3.05) is 39.1 Å². The van der Waals surface area contributed by atoms with Crippen molar-refractivity contribution in [3.05, 3.63) is 59.9 Å². The molecule has 2 saturated heterocycles. The zero-order valence-corrected chi connectivity index (χ0v) is 18.6. The molecule has 0 aromatic heterocycles. The van der Waals surface area contributed by atoms with Crippen molar-refractivity contribution in [1.82, 2.24) is 9.80 Å². The van der Waals surface area contributed by atoms with Crippen LogP contribution in [0.25, 0.3) is 0 Å². The molecule has 0 bridgehead atoms. The molecule has 2 fully saturated rings. The Morgan fingerprint density at radius 1 is 1.06 bits per heavy atom. The number of likely N-dealkylation sites (tertiary alicyclic amines) is 2. The second-order valence-electron chi connectivity index (χ2n) is 8.77. The van der Waals surface area contributed by atoms with Crippen LogP contribution in [0.3, 0.4) is 0 Å². The molecule has 6 nitrogen and oxygen atoms in total. The SMILES string of the molecule is COc1ccccc1C(=O)N1CCC([C@@H]2C[C@H](C(=O)Nc3ccc(F)cc3)CN2C)CC1. The number of hydrogen-bond acceptors (Lipinski definition) is 4. The van der Waals surface area contributed by atoms with E-state index in [1.165, 1.54) is 12.1 Å². The first-order chi connectivity index (χ1) is 15.5. The number of amides is 2. The molecular formula is C25H30FN3O3. The number of nitrogens with zero attached hydrogens (tertiary/aromatic N) is 2. The molecule has 32 heavy (non-hydrogen) atoms. The highest BCUT2D eigenvalue weighted by Crippen LogP contribution is 2.34. The third-order valence-electron chi connectivity index (χ3n) is 6.79. The van der Waals surface area contributed by atoms with Crippen molar-refractivity contribution >= 4 is 17.5 Å². The molecule has 0 saturated carbocycles. The molecule has 0 aliphatic carbocycles. The molecule has 7 heteroatoms. The van der Waals surface area contributed by atoms with Crippen LogP contribution in [0, 0.1) is 17.7 Å². The summed E-state index contributed by atoms with van der Waals surface area (Å²) in [6.45, 7) is 2.12. The Labute approximate surface area is 188 Å². The van der Waals surface area contributed by atoms with Crippen LogP contribution in [0.5, 0.6) is 5.75 Å². The Morgan fingerprint density at radius 2 is 1.75 bits per heavy atom. The lowest BCUT2D eigenvalue weighted by Crippen LogP contribution is -2.43. The number of rotatable bonds is 5. The number of benzene rings is 2. The highest BCUT2D eigenvalue weighted by molar-refractivity contribution is 5.97. The zero-order valence-electron chi connectivity index (χ0n) is 18.6. The molecule has 2 atom stereocenters. The van der Waals surface area contributed by atoms with Crippen molar-refractivity contribution < 1.29 is 18.7 Å². The van der Waals surface area contributed by atoms with E-state index in [9.17, 15) is 14.0 Å². The third-order valence-corrected chi connectivity index (χ3v) is 6.79. The summed E-state index contributed by atoms with van der Waals surface area (Å²) in [6.07, 6.45) is 2.64. The van der Waals surface area contributed by atoms with Gasteiger partial charge in [-0.25, -0.2) is 4.39 Å². The number of para-hydroxylation sites is 1. The van der Waals surface area contributed by atoms with E-state index in [-0.39, 0.29) is 23.5 Å².